The zero-order valence-electron chi connectivity index (χ0n) is 27.7. The van der Waals surface area contributed by atoms with E-state index in [1.165, 1.54) is 0 Å². The lowest BCUT2D eigenvalue weighted by Gasteiger charge is -2.34. The Kier molecular flexibility index (Phi) is 11.6. The van der Waals surface area contributed by atoms with Gasteiger partial charge in [0.05, 0.1) is 16.5 Å². The molecule has 2 aliphatic heterocycles. The summed E-state index contributed by atoms with van der Waals surface area (Å²) >= 11 is 6.10. The summed E-state index contributed by atoms with van der Waals surface area (Å²) in [5, 5.41) is 55.0. The fourth-order valence-corrected chi connectivity index (χ4v) is 5.96. The first-order chi connectivity index (χ1) is 25.9. The second kappa shape index (κ2) is 16.0. The maximum absolute atomic E-state index is 14.6. The number of phenolic OH excluding ortho intramolecular Hbond substituents is 3. The number of aromatic hydroxyl groups is 3. The number of rotatable bonds is 10. The molecular weight excluding hydrogens is 769 g/mol. The van der Waals surface area contributed by atoms with Gasteiger partial charge in [-0.05, 0) is 36.6 Å². The van der Waals surface area contributed by atoms with E-state index in [0.717, 1.165) is 17.0 Å². The van der Waals surface area contributed by atoms with Crippen LogP contribution in [0.1, 0.15) is 44.3 Å². The van der Waals surface area contributed by atoms with Crippen molar-refractivity contribution in [3.8, 4) is 23.0 Å². The molecule has 0 radical (unpaired) electrons. The maximum atomic E-state index is 14.6. The van der Waals surface area contributed by atoms with Crippen LogP contribution in [0.25, 0.3) is 0 Å². The topological polar surface area (TPSA) is 255 Å². The monoisotopic (exact) mass is 795 g/mol. The Labute approximate surface area is 311 Å². The number of nitrogens with zero attached hydrogens (tertiary/aromatic N) is 2. The first-order valence-corrected chi connectivity index (χ1v) is 16.3. The summed E-state index contributed by atoms with van der Waals surface area (Å²) in [5.41, 5.74) is -2.22. The maximum Gasteiger partial charge on any atom is 0.547 e. The van der Waals surface area contributed by atoms with Crippen molar-refractivity contribution in [2.45, 2.75) is 24.8 Å². The van der Waals surface area contributed by atoms with Gasteiger partial charge in [0.2, 0.25) is 5.91 Å². The zero-order valence-corrected chi connectivity index (χ0v) is 28.5. The number of urea groups is 1. The summed E-state index contributed by atoms with van der Waals surface area (Å²) in [6.07, 6.45) is -0.360. The first kappa shape index (κ1) is 39.9. The smallest absolute Gasteiger partial charge is 0.534 e. The first-order valence-electron chi connectivity index (χ1n) is 15.9. The van der Waals surface area contributed by atoms with Gasteiger partial charge >= 0.3 is 30.9 Å². The highest BCUT2D eigenvalue weighted by Gasteiger charge is 2.42. The van der Waals surface area contributed by atoms with E-state index in [-0.39, 0.29) is 38.0 Å². The highest BCUT2D eigenvalue weighted by Crippen LogP contribution is 2.41. The number of carboxylic acid groups (broad SMARTS) is 1. The van der Waals surface area contributed by atoms with Gasteiger partial charge in [-0.2, -0.15) is 0 Å². The number of imide groups is 1. The molecule has 8 N–H and O–H groups in total. The normalized spacial score (nSPS) is 15.9. The van der Waals surface area contributed by atoms with Gasteiger partial charge in [-0.15, -0.1) is 0 Å². The second-order valence-corrected chi connectivity index (χ2v) is 12.4. The number of benzene rings is 3. The number of nitrogens with one attached hydrogen (secondary N) is 3. The molecule has 290 valence electrons. The third-order valence-electron chi connectivity index (χ3n) is 8.51. The Morgan fingerprint density at radius 1 is 0.945 bits per heavy atom. The number of phenols is 3. The predicted molar refractivity (Wildman–Crippen MR) is 177 cm³/mol. The number of piperazine rings is 1. The van der Waals surface area contributed by atoms with Crippen LogP contribution in [0.4, 0.5) is 22.4 Å². The quantitative estimate of drug-likeness (QED) is 0.0472. The Bertz CT molecular complexity index is 2130. The number of halogens is 5. The van der Waals surface area contributed by atoms with Gasteiger partial charge in [0.25, 0.3) is 5.91 Å². The van der Waals surface area contributed by atoms with Crippen LogP contribution < -0.4 is 20.6 Å². The number of fused-ring (bicyclic) bond motifs is 1. The average molecular weight is 796 g/mol. The van der Waals surface area contributed by atoms with Gasteiger partial charge in [-0.3, -0.25) is 24.1 Å². The van der Waals surface area contributed by atoms with Gasteiger partial charge in [0.15, 0.2) is 28.9 Å². The van der Waals surface area contributed by atoms with Gasteiger partial charge in [-0.1, -0.05) is 17.7 Å². The molecule has 17 nitrogen and oxygen atoms in total. The molecular formula is C32H27BClF4N5O12. The van der Waals surface area contributed by atoms with Crippen molar-refractivity contribution >= 4 is 54.3 Å². The van der Waals surface area contributed by atoms with Crippen molar-refractivity contribution in [1.82, 2.24) is 25.8 Å². The molecule has 23 heteroatoms. The highest BCUT2D eigenvalue weighted by molar-refractivity contribution is 6.47. The molecule has 55 heavy (non-hydrogen) atoms. The third kappa shape index (κ3) is 8.14. The molecule has 1 unspecified atom stereocenters. The van der Waals surface area contributed by atoms with E-state index in [1.54, 1.807) is 0 Å². The van der Waals surface area contributed by atoms with Gasteiger partial charge < -0.3 is 51.0 Å². The van der Waals surface area contributed by atoms with Crippen LogP contribution in [0, 0.1) is 23.3 Å². The molecule has 3 aromatic carbocycles. The summed E-state index contributed by atoms with van der Waals surface area (Å²) < 4.78 is 61.5. The Morgan fingerprint density at radius 3 is 2.35 bits per heavy atom. The van der Waals surface area contributed by atoms with Crippen molar-refractivity contribution in [3.63, 3.8) is 0 Å². The number of carboxylic acids is 1. The number of amides is 6. The number of aromatic carboxylic acids is 1. The van der Waals surface area contributed by atoms with Crippen molar-refractivity contribution < 1.29 is 76.4 Å². The van der Waals surface area contributed by atoms with Crippen LogP contribution in [-0.2, 0) is 20.8 Å². The summed E-state index contributed by atoms with van der Waals surface area (Å²) in [6.45, 7) is -1.07. The summed E-state index contributed by atoms with van der Waals surface area (Å²) in [5.74, 6) is -17.2. The number of hydrogen-bond acceptors (Lipinski definition) is 11. The van der Waals surface area contributed by atoms with E-state index in [2.05, 4.69) is 16.0 Å². The molecule has 5 rings (SSSR count). The Balaban J connectivity index is 1.27. The van der Waals surface area contributed by atoms with E-state index in [1.807, 2.05) is 0 Å². The minimum absolute atomic E-state index is 0.00353. The van der Waals surface area contributed by atoms with E-state index in [9.17, 15) is 71.8 Å². The lowest BCUT2D eigenvalue weighted by Crippen LogP contribution is -2.60. The number of hydrogen-bond donors (Lipinski definition) is 8. The molecule has 3 aromatic rings. The standard InChI is InChI=1S/C32H27BClF4N5O12/c34-22-14(10-18(38)24(45)25(22)46)23(28(48)40-20-8-12-2-3-15(35)21(31(51)52)26(12)55-33(20)54)41-32(53)43-7-6-42(29(49)30(43)50)5-1-4-39-27(47)13-9-17(37)19(44)11-16(13)36/h2-3,9-11,20,23,44-46,54H,1,4-8H2,(H,39,47)(H,40,48)(H,41,53)(H,51,52)/t20-,23?/m0/s1. The molecule has 0 aliphatic carbocycles. The van der Waals surface area contributed by atoms with Crippen LogP contribution in [0.5, 0.6) is 23.0 Å². The molecule has 1 saturated heterocycles. The van der Waals surface area contributed by atoms with Crippen LogP contribution in [-0.4, -0.2) is 110 Å². The van der Waals surface area contributed by atoms with E-state index in [0.29, 0.717) is 23.1 Å². The number of carbonyl (C=O) groups is 6. The molecule has 1 fully saturated rings. The van der Waals surface area contributed by atoms with Crippen molar-refractivity contribution in [1.29, 1.82) is 0 Å². The molecule has 2 heterocycles. The van der Waals surface area contributed by atoms with Crippen molar-refractivity contribution in [2.75, 3.05) is 26.2 Å². The van der Waals surface area contributed by atoms with Gasteiger partial charge in [-0.25, -0.2) is 27.2 Å². The summed E-state index contributed by atoms with van der Waals surface area (Å²) in [4.78, 5) is 78.2. The van der Waals surface area contributed by atoms with E-state index >= 15 is 0 Å². The predicted octanol–water partition coefficient (Wildman–Crippen LogP) is 1.09. The Hall–Kier alpha value is -6.29. The minimum atomic E-state index is -2.12. The molecule has 0 aromatic heterocycles. The summed E-state index contributed by atoms with van der Waals surface area (Å²) in [6, 6.07) is -0.190. The SMILES string of the molecule is O=C(NCCCN1CCN(C(=O)NC(C(=O)N[C@H]2Cc3ccc(F)c(C(=O)O)c3OB2O)c2cc(F)c(O)c(O)c2Cl)C(=O)C1=O)c1cc(F)c(O)cc1F. The fraction of sp³-hybridized carbons (Fsp3) is 0.250. The molecule has 0 spiro atoms. The van der Waals surface area contributed by atoms with Crippen molar-refractivity contribution in [3.05, 3.63) is 80.9 Å². The largest absolute Gasteiger partial charge is 0.547 e. The van der Waals surface area contributed by atoms with Crippen molar-refractivity contribution in [2.24, 2.45) is 0 Å². The van der Waals surface area contributed by atoms with Crippen LogP contribution in [0.3, 0.4) is 0 Å². The minimum Gasteiger partial charge on any atom is -0.534 e. The van der Waals surface area contributed by atoms with Gasteiger partial charge in [0.1, 0.15) is 29.0 Å². The molecule has 6 amide bonds. The molecule has 0 bridgehead atoms. The summed E-state index contributed by atoms with van der Waals surface area (Å²) in [7, 11) is -2.01. The van der Waals surface area contributed by atoms with Gasteiger partial charge in [0, 0.05) is 37.8 Å². The average Bonchev–Trinajstić information content (AvgIpc) is 3.13. The molecule has 0 saturated carbocycles. The second-order valence-electron chi connectivity index (χ2n) is 12.0. The lowest BCUT2D eigenvalue weighted by molar-refractivity contribution is -0.153. The van der Waals surface area contributed by atoms with E-state index < -0.39 is 129 Å². The zero-order chi connectivity index (χ0) is 40.5. The van der Waals surface area contributed by atoms with Crippen LogP contribution >= 0.6 is 11.6 Å². The number of carbonyl (C=O) groups excluding carboxylic acids is 5. The fourth-order valence-electron chi connectivity index (χ4n) is 5.70. The van der Waals surface area contributed by atoms with Crippen LogP contribution in [0.15, 0.2) is 30.3 Å². The van der Waals surface area contributed by atoms with Crippen LogP contribution in [0.2, 0.25) is 5.02 Å². The molecule has 2 atom stereocenters. The highest BCUT2D eigenvalue weighted by atomic mass is 35.5. The lowest BCUT2D eigenvalue weighted by atomic mass is 9.72. The third-order valence-corrected chi connectivity index (χ3v) is 8.91. The molecule has 2 aliphatic rings. The Morgan fingerprint density at radius 2 is 1.65 bits per heavy atom. The van der Waals surface area contributed by atoms with E-state index in [4.69, 9.17) is 16.3 Å².